The van der Waals surface area contributed by atoms with E-state index < -0.39 is 11.7 Å². The van der Waals surface area contributed by atoms with Crippen molar-refractivity contribution < 1.29 is 9.53 Å². The molecule has 0 saturated carbocycles. The standard InChI is InChI=1S/C12H18N2O2S2/c1-8-6-9(10(17-5)18-8)7-13-14-11(15)16-12(2,3)4/h6-7H,1-5H3,(H,14,15)/b13-7+. The van der Waals surface area contributed by atoms with Crippen molar-refractivity contribution in [2.24, 2.45) is 5.10 Å². The third-order valence-electron chi connectivity index (χ3n) is 1.79. The van der Waals surface area contributed by atoms with Gasteiger partial charge in [0.15, 0.2) is 0 Å². The number of rotatable bonds is 3. The summed E-state index contributed by atoms with van der Waals surface area (Å²) in [6.45, 7) is 7.47. The average Bonchev–Trinajstić information content (AvgIpc) is 2.56. The molecule has 0 unspecified atom stereocenters. The second-order valence-corrected chi connectivity index (χ2v) is 7.01. The molecule has 1 rings (SSSR count). The quantitative estimate of drug-likeness (QED) is 0.524. The summed E-state index contributed by atoms with van der Waals surface area (Å²) in [4.78, 5) is 12.6. The van der Waals surface area contributed by atoms with Crippen LogP contribution in [0, 0.1) is 6.92 Å². The Kier molecular flexibility index (Phi) is 5.22. The predicted octanol–water partition coefficient (Wildman–Crippen LogP) is 3.64. The molecule has 0 saturated heterocycles. The van der Waals surface area contributed by atoms with Gasteiger partial charge in [0.25, 0.3) is 0 Å². The van der Waals surface area contributed by atoms with Crippen molar-refractivity contribution in [3.05, 3.63) is 16.5 Å². The molecule has 0 aliphatic rings. The third-order valence-corrected chi connectivity index (χ3v) is 4.01. The minimum atomic E-state index is -0.545. The average molecular weight is 286 g/mol. The highest BCUT2D eigenvalue weighted by Gasteiger charge is 2.15. The summed E-state index contributed by atoms with van der Waals surface area (Å²) in [5.74, 6) is 0. The van der Waals surface area contributed by atoms with Crippen molar-refractivity contribution in [2.45, 2.75) is 37.5 Å². The zero-order valence-electron chi connectivity index (χ0n) is 11.2. The molecular weight excluding hydrogens is 268 g/mol. The first-order chi connectivity index (χ1) is 8.31. The number of aryl methyl sites for hydroxylation is 1. The molecule has 100 valence electrons. The second-order valence-electron chi connectivity index (χ2n) is 4.68. The van der Waals surface area contributed by atoms with Crippen LogP contribution in [0.1, 0.15) is 31.2 Å². The van der Waals surface area contributed by atoms with Gasteiger partial charge in [0.1, 0.15) is 5.60 Å². The Balaban J connectivity index is 2.57. The number of hydrogen-bond donors (Lipinski definition) is 1. The molecule has 1 aromatic rings. The van der Waals surface area contributed by atoms with Gasteiger partial charge in [0.05, 0.1) is 10.4 Å². The highest BCUT2D eigenvalue weighted by atomic mass is 32.2. The predicted molar refractivity (Wildman–Crippen MR) is 77.8 cm³/mol. The molecule has 4 nitrogen and oxygen atoms in total. The Labute approximate surface area is 116 Å². The number of amides is 1. The molecular formula is C12H18N2O2S2. The lowest BCUT2D eigenvalue weighted by molar-refractivity contribution is 0.0529. The number of hydrogen-bond acceptors (Lipinski definition) is 5. The van der Waals surface area contributed by atoms with E-state index in [0.29, 0.717) is 0 Å². The van der Waals surface area contributed by atoms with Crippen LogP contribution in [-0.2, 0) is 4.74 Å². The van der Waals surface area contributed by atoms with Crippen LogP contribution in [0.4, 0.5) is 4.79 Å². The van der Waals surface area contributed by atoms with E-state index in [-0.39, 0.29) is 0 Å². The minimum absolute atomic E-state index is 0.511. The molecule has 1 heterocycles. The molecule has 0 spiro atoms. The molecule has 18 heavy (non-hydrogen) atoms. The second kappa shape index (κ2) is 6.24. The minimum Gasteiger partial charge on any atom is -0.443 e. The monoisotopic (exact) mass is 286 g/mol. The number of thiophene rings is 1. The summed E-state index contributed by atoms with van der Waals surface area (Å²) in [6.07, 6.45) is 3.11. The summed E-state index contributed by atoms with van der Waals surface area (Å²) >= 11 is 3.38. The Morgan fingerprint density at radius 1 is 1.56 bits per heavy atom. The fourth-order valence-corrected chi connectivity index (χ4v) is 3.00. The number of thioether (sulfide) groups is 1. The highest BCUT2D eigenvalue weighted by molar-refractivity contribution is 8.00. The van der Waals surface area contributed by atoms with E-state index in [0.717, 1.165) is 5.56 Å². The lowest BCUT2D eigenvalue weighted by atomic mass is 10.2. The summed E-state index contributed by atoms with van der Waals surface area (Å²) in [7, 11) is 0. The van der Waals surface area contributed by atoms with E-state index in [4.69, 9.17) is 4.74 Å². The maximum atomic E-state index is 11.4. The van der Waals surface area contributed by atoms with Crippen LogP contribution in [-0.4, -0.2) is 24.2 Å². The van der Waals surface area contributed by atoms with Gasteiger partial charge in [-0.3, -0.25) is 0 Å². The van der Waals surface area contributed by atoms with E-state index >= 15 is 0 Å². The molecule has 0 radical (unpaired) electrons. The van der Waals surface area contributed by atoms with Gasteiger partial charge < -0.3 is 4.74 Å². The van der Waals surface area contributed by atoms with Crippen molar-refractivity contribution in [3.63, 3.8) is 0 Å². The highest BCUT2D eigenvalue weighted by Crippen LogP contribution is 2.28. The topological polar surface area (TPSA) is 50.7 Å². The molecule has 1 N–H and O–H groups in total. The summed E-state index contributed by atoms with van der Waals surface area (Å²) < 4.78 is 6.25. The first-order valence-corrected chi connectivity index (χ1v) is 7.52. The zero-order valence-corrected chi connectivity index (χ0v) is 12.9. The van der Waals surface area contributed by atoms with E-state index in [2.05, 4.69) is 10.5 Å². The van der Waals surface area contributed by atoms with E-state index in [1.165, 1.54) is 9.09 Å². The molecule has 1 aromatic heterocycles. The van der Waals surface area contributed by atoms with Gasteiger partial charge in [-0.25, -0.2) is 10.2 Å². The van der Waals surface area contributed by atoms with Crippen LogP contribution in [0.5, 0.6) is 0 Å². The van der Waals surface area contributed by atoms with Crippen LogP contribution in [0.3, 0.4) is 0 Å². The van der Waals surface area contributed by atoms with Gasteiger partial charge in [0, 0.05) is 10.4 Å². The Morgan fingerprint density at radius 3 is 2.78 bits per heavy atom. The van der Waals surface area contributed by atoms with Gasteiger partial charge in [-0.2, -0.15) is 5.10 Å². The maximum Gasteiger partial charge on any atom is 0.428 e. The van der Waals surface area contributed by atoms with Gasteiger partial charge in [0.2, 0.25) is 0 Å². The molecule has 6 heteroatoms. The van der Waals surface area contributed by atoms with E-state index in [1.807, 2.05) is 40.0 Å². The largest absolute Gasteiger partial charge is 0.443 e. The lowest BCUT2D eigenvalue weighted by Crippen LogP contribution is -2.29. The molecule has 0 fully saturated rings. The van der Waals surface area contributed by atoms with Crippen molar-refractivity contribution in [1.29, 1.82) is 0 Å². The summed E-state index contributed by atoms with van der Waals surface area (Å²) in [5, 5.41) is 3.89. The number of ether oxygens (including phenoxy) is 1. The number of nitrogens with one attached hydrogen (secondary N) is 1. The number of carbonyl (C=O) groups excluding carboxylic acids is 1. The number of nitrogens with zero attached hydrogens (tertiary/aromatic N) is 1. The number of hydrazone groups is 1. The molecule has 0 aliphatic heterocycles. The van der Waals surface area contributed by atoms with Gasteiger partial charge in [-0.05, 0) is 40.0 Å². The van der Waals surface area contributed by atoms with Gasteiger partial charge >= 0.3 is 6.09 Å². The van der Waals surface area contributed by atoms with E-state index in [9.17, 15) is 4.79 Å². The SMILES string of the molecule is CSc1sc(C)cc1/C=N/NC(=O)OC(C)(C)C. The molecule has 0 atom stereocenters. The fourth-order valence-electron chi connectivity index (χ4n) is 1.22. The fraction of sp³-hybridized carbons (Fsp3) is 0.500. The normalized spacial score (nSPS) is 11.8. The molecule has 0 bridgehead atoms. The molecule has 0 aliphatic carbocycles. The Bertz CT molecular complexity index is 447. The van der Waals surface area contributed by atoms with Crippen molar-refractivity contribution >= 4 is 35.4 Å². The Hall–Kier alpha value is -1.01. The van der Waals surface area contributed by atoms with Gasteiger partial charge in [-0.1, -0.05) is 0 Å². The van der Waals surface area contributed by atoms with Crippen LogP contribution in [0.25, 0.3) is 0 Å². The smallest absolute Gasteiger partial charge is 0.428 e. The van der Waals surface area contributed by atoms with E-state index in [1.54, 1.807) is 29.3 Å². The van der Waals surface area contributed by atoms with Crippen LogP contribution in [0.2, 0.25) is 0 Å². The number of carbonyl (C=O) groups is 1. The van der Waals surface area contributed by atoms with Gasteiger partial charge in [-0.15, -0.1) is 23.1 Å². The summed E-state index contributed by atoms with van der Waals surface area (Å²) in [6, 6.07) is 2.04. The van der Waals surface area contributed by atoms with Crippen molar-refractivity contribution in [1.82, 2.24) is 5.43 Å². The summed E-state index contributed by atoms with van der Waals surface area (Å²) in [5.41, 5.74) is 2.86. The Morgan fingerprint density at radius 2 is 2.22 bits per heavy atom. The van der Waals surface area contributed by atoms with Crippen molar-refractivity contribution in [3.8, 4) is 0 Å². The van der Waals surface area contributed by atoms with Crippen molar-refractivity contribution in [2.75, 3.05) is 6.26 Å². The molecule has 1 amide bonds. The maximum absolute atomic E-state index is 11.4. The lowest BCUT2D eigenvalue weighted by Gasteiger charge is -2.18. The third kappa shape index (κ3) is 5.10. The first kappa shape index (κ1) is 15.0. The van der Waals surface area contributed by atoms with Crippen LogP contribution >= 0.6 is 23.1 Å². The van der Waals surface area contributed by atoms with Crippen LogP contribution < -0.4 is 5.43 Å². The zero-order chi connectivity index (χ0) is 13.8. The molecule has 0 aromatic carbocycles. The first-order valence-electron chi connectivity index (χ1n) is 5.48. The van der Waals surface area contributed by atoms with Crippen LogP contribution in [0.15, 0.2) is 15.4 Å².